The van der Waals surface area contributed by atoms with Gasteiger partial charge in [-0.05, 0) is 65.8 Å². The predicted molar refractivity (Wildman–Crippen MR) is 136 cm³/mol. The lowest BCUT2D eigenvalue weighted by atomic mass is 10.0. The summed E-state index contributed by atoms with van der Waals surface area (Å²) in [6.07, 6.45) is 4.33. The van der Waals surface area contributed by atoms with Crippen molar-refractivity contribution >= 4 is 34.3 Å². The Labute approximate surface area is 203 Å². The molecule has 0 bridgehead atoms. The Morgan fingerprint density at radius 1 is 0.971 bits per heavy atom. The van der Waals surface area contributed by atoms with Crippen LogP contribution in [0, 0.1) is 0 Å². The number of allylic oxidation sites excluding steroid dienone is 1. The Hall–Kier alpha value is -4.25. The number of esters is 1. The first-order valence-electron chi connectivity index (χ1n) is 11.7. The molecule has 1 heterocycles. The van der Waals surface area contributed by atoms with Crippen molar-refractivity contribution in [2.24, 2.45) is 0 Å². The second-order valence-corrected chi connectivity index (χ2v) is 8.64. The number of hydrogen-bond donors (Lipinski definition) is 1. The number of phenolic OH excluding ortho intramolecular Hbond substituents is 1. The van der Waals surface area contributed by atoms with E-state index in [1.54, 1.807) is 24.3 Å². The maximum Gasteiger partial charge on any atom is 0.339 e. The first-order chi connectivity index (χ1) is 17.0. The summed E-state index contributed by atoms with van der Waals surface area (Å²) in [6, 6.07) is 21.9. The van der Waals surface area contributed by atoms with Crippen LogP contribution in [-0.4, -0.2) is 28.4 Å². The predicted octanol–water partition coefficient (Wildman–Crippen LogP) is 6.03. The van der Waals surface area contributed by atoms with Gasteiger partial charge in [0.15, 0.2) is 12.4 Å². The van der Waals surface area contributed by atoms with E-state index in [1.807, 2.05) is 54.6 Å². The van der Waals surface area contributed by atoms with Crippen molar-refractivity contribution in [3.05, 3.63) is 106 Å². The van der Waals surface area contributed by atoms with Crippen LogP contribution >= 0.6 is 0 Å². The molecule has 5 heteroatoms. The fourth-order valence-electron chi connectivity index (χ4n) is 4.50. The van der Waals surface area contributed by atoms with Crippen molar-refractivity contribution < 1.29 is 19.4 Å². The van der Waals surface area contributed by atoms with Gasteiger partial charge in [0.05, 0.1) is 16.8 Å². The minimum atomic E-state index is -0.510. The lowest BCUT2D eigenvalue weighted by Crippen LogP contribution is -2.16. The number of aryl methyl sites for hydroxylation is 1. The Balaban J connectivity index is 1.46. The van der Waals surface area contributed by atoms with Crippen LogP contribution in [0.25, 0.3) is 22.6 Å². The average molecular weight is 464 g/mol. The van der Waals surface area contributed by atoms with Crippen molar-refractivity contribution in [2.75, 3.05) is 6.61 Å². The smallest absolute Gasteiger partial charge is 0.339 e. The van der Waals surface area contributed by atoms with Crippen LogP contribution in [0.4, 0.5) is 0 Å². The van der Waals surface area contributed by atoms with Gasteiger partial charge >= 0.3 is 5.97 Å². The molecular formula is C30H25NO4. The molecule has 0 saturated heterocycles. The second-order valence-electron chi connectivity index (χ2n) is 8.64. The highest BCUT2D eigenvalue weighted by molar-refractivity contribution is 6.08. The summed E-state index contributed by atoms with van der Waals surface area (Å²) in [5.74, 6) is -0.530. The zero-order valence-electron chi connectivity index (χ0n) is 19.5. The van der Waals surface area contributed by atoms with Gasteiger partial charge in [0, 0.05) is 10.9 Å². The summed E-state index contributed by atoms with van der Waals surface area (Å²) in [5, 5.41) is 10.3. The van der Waals surface area contributed by atoms with E-state index < -0.39 is 5.97 Å². The van der Waals surface area contributed by atoms with Gasteiger partial charge in [0.2, 0.25) is 0 Å². The van der Waals surface area contributed by atoms with E-state index in [4.69, 9.17) is 9.72 Å². The number of aromatic hydroxyl groups is 1. The minimum Gasteiger partial charge on any atom is -0.508 e. The molecule has 1 aliphatic carbocycles. The third-order valence-electron chi connectivity index (χ3n) is 6.40. The Morgan fingerprint density at radius 3 is 2.46 bits per heavy atom. The third-order valence-corrected chi connectivity index (χ3v) is 6.40. The highest BCUT2D eigenvalue weighted by Crippen LogP contribution is 2.38. The van der Waals surface area contributed by atoms with Gasteiger partial charge in [-0.15, -0.1) is 0 Å². The molecule has 0 spiro atoms. The van der Waals surface area contributed by atoms with E-state index >= 15 is 0 Å². The molecule has 0 radical (unpaired) electrons. The number of carbonyl (C=O) groups excluding carboxylic acids is 2. The summed E-state index contributed by atoms with van der Waals surface area (Å²) in [5.41, 5.74) is 6.46. The largest absolute Gasteiger partial charge is 0.508 e. The minimum absolute atomic E-state index is 0.212. The summed E-state index contributed by atoms with van der Waals surface area (Å²) in [7, 11) is 0. The van der Waals surface area contributed by atoms with Crippen molar-refractivity contribution in [3.8, 4) is 5.75 Å². The van der Waals surface area contributed by atoms with Crippen LogP contribution in [0.2, 0.25) is 0 Å². The van der Waals surface area contributed by atoms with Crippen molar-refractivity contribution in [1.29, 1.82) is 0 Å². The molecule has 3 aromatic carbocycles. The van der Waals surface area contributed by atoms with Gasteiger partial charge in [-0.2, -0.15) is 0 Å². The van der Waals surface area contributed by atoms with Crippen LogP contribution in [0.1, 0.15) is 56.4 Å². The van der Waals surface area contributed by atoms with Crippen molar-refractivity contribution in [1.82, 2.24) is 4.98 Å². The number of pyridine rings is 1. The number of nitrogens with zero attached hydrogens (tertiary/aromatic N) is 1. The van der Waals surface area contributed by atoms with Crippen molar-refractivity contribution in [3.63, 3.8) is 0 Å². The molecule has 1 N–H and O–H groups in total. The van der Waals surface area contributed by atoms with Gasteiger partial charge in [-0.1, -0.05) is 61.5 Å². The maximum atomic E-state index is 13.3. The highest BCUT2D eigenvalue weighted by Gasteiger charge is 2.28. The number of benzene rings is 3. The molecule has 0 atom stereocenters. The quantitative estimate of drug-likeness (QED) is 0.279. The van der Waals surface area contributed by atoms with Gasteiger partial charge in [0.25, 0.3) is 0 Å². The number of Topliss-reactive ketones (excluding diaryl/α,β-unsaturated/α-hetero) is 1. The number of carbonyl (C=O) groups is 2. The fraction of sp³-hybridized carbons (Fsp3) is 0.167. The SMILES string of the molecule is CCc1ccc(C(=O)COC(=O)c2c3c(nc4ccccc24)/C(=C\c2ccc(O)cc2)CC3)cc1. The number of phenols is 1. The van der Waals surface area contributed by atoms with E-state index in [0.29, 0.717) is 23.1 Å². The molecule has 0 aliphatic heterocycles. The molecule has 1 aliphatic rings. The molecule has 5 nitrogen and oxygen atoms in total. The van der Waals surface area contributed by atoms with Gasteiger partial charge in [0.1, 0.15) is 5.75 Å². The Bertz CT molecular complexity index is 1450. The molecule has 35 heavy (non-hydrogen) atoms. The number of aromatic nitrogens is 1. The van der Waals surface area contributed by atoms with E-state index in [1.165, 1.54) is 0 Å². The molecular weight excluding hydrogens is 438 g/mol. The van der Waals surface area contributed by atoms with Crippen LogP contribution in [0.3, 0.4) is 0 Å². The monoisotopic (exact) mass is 463 g/mol. The molecule has 4 aromatic rings. The highest BCUT2D eigenvalue weighted by atomic mass is 16.5. The third kappa shape index (κ3) is 4.58. The van der Waals surface area contributed by atoms with Gasteiger partial charge in [-0.25, -0.2) is 9.78 Å². The number of ether oxygens (including phenoxy) is 1. The van der Waals surface area contributed by atoms with Crippen LogP contribution in [-0.2, 0) is 17.6 Å². The molecule has 1 aromatic heterocycles. The fourth-order valence-corrected chi connectivity index (χ4v) is 4.50. The van der Waals surface area contributed by atoms with E-state index in [0.717, 1.165) is 46.2 Å². The zero-order chi connectivity index (χ0) is 24.4. The zero-order valence-corrected chi connectivity index (χ0v) is 19.5. The van der Waals surface area contributed by atoms with Gasteiger partial charge < -0.3 is 9.84 Å². The number of hydrogen-bond acceptors (Lipinski definition) is 5. The molecule has 5 rings (SSSR count). The molecule has 0 saturated carbocycles. The topological polar surface area (TPSA) is 76.5 Å². The number of ketones is 1. The van der Waals surface area contributed by atoms with Gasteiger partial charge in [-0.3, -0.25) is 4.79 Å². The van der Waals surface area contributed by atoms with E-state index in [9.17, 15) is 14.7 Å². The first-order valence-corrected chi connectivity index (χ1v) is 11.7. The van der Waals surface area contributed by atoms with E-state index in [-0.39, 0.29) is 18.1 Å². The first kappa shape index (κ1) is 22.5. The number of rotatable bonds is 6. The average Bonchev–Trinajstić information content (AvgIpc) is 3.28. The van der Waals surface area contributed by atoms with Crippen LogP contribution in [0.15, 0.2) is 72.8 Å². The summed E-state index contributed by atoms with van der Waals surface area (Å²) < 4.78 is 5.54. The number of para-hydroxylation sites is 1. The molecule has 0 unspecified atom stereocenters. The molecule has 0 fully saturated rings. The van der Waals surface area contributed by atoms with Crippen molar-refractivity contribution in [2.45, 2.75) is 26.2 Å². The van der Waals surface area contributed by atoms with E-state index in [2.05, 4.69) is 6.92 Å². The summed E-state index contributed by atoms with van der Waals surface area (Å²) >= 11 is 0. The van der Waals surface area contributed by atoms with Crippen LogP contribution in [0.5, 0.6) is 5.75 Å². The molecule has 0 amide bonds. The lowest BCUT2D eigenvalue weighted by molar-refractivity contribution is 0.0475. The lowest BCUT2D eigenvalue weighted by Gasteiger charge is -2.12. The Kier molecular flexibility index (Phi) is 6.15. The maximum absolute atomic E-state index is 13.3. The summed E-state index contributed by atoms with van der Waals surface area (Å²) in [4.78, 5) is 30.8. The van der Waals surface area contributed by atoms with Crippen LogP contribution < -0.4 is 0 Å². The summed E-state index contributed by atoms with van der Waals surface area (Å²) in [6.45, 7) is 1.74. The Morgan fingerprint density at radius 2 is 1.71 bits per heavy atom. The standard InChI is InChI=1S/C30H25NO4/c1-2-19-7-11-21(12-8-19)27(33)18-35-30(34)28-24-5-3-4-6-26(24)31-29-22(13-16-25(28)29)17-20-9-14-23(32)15-10-20/h3-12,14-15,17,32H,2,13,16,18H2,1H3/b22-17-. The second kappa shape index (κ2) is 9.55. The number of fused-ring (bicyclic) bond motifs is 2. The molecule has 174 valence electrons. The normalized spacial score (nSPS) is 13.7.